The SMILES string of the molecule is O=C(NCCn1ccc(-c2ccsc2)n1)c1ccc2nsnc2c1. The molecule has 3 heterocycles. The first-order valence-corrected chi connectivity index (χ1v) is 9.03. The van der Waals surface area contributed by atoms with Crippen LogP contribution >= 0.6 is 23.1 Å². The van der Waals surface area contributed by atoms with Gasteiger partial charge in [0.05, 0.1) is 24.0 Å². The molecule has 8 heteroatoms. The lowest BCUT2D eigenvalue weighted by Crippen LogP contribution is -2.27. The zero-order valence-corrected chi connectivity index (χ0v) is 14.2. The number of nitrogens with zero attached hydrogens (tertiary/aromatic N) is 4. The number of carbonyl (C=O) groups excluding carboxylic acids is 1. The number of rotatable bonds is 5. The van der Waals surface area contributed by atoms with E-state index in [1.54, 1.807) is 23.5 Å². The van der Waals surface area contributed by atoms with Gasteiger partial charge in [0.1, 0.15) is 11.0 Å². The Kier molecular flexibility index (Phi) is 4.06. The van der Waals surface area contributed by atoms with Crippen molar-refractivity contribution in [3.05, 3.63) is 52.9 Å². The van der Waals surface area contributed by atoms with E-state index in [2.05, 4.69) is 24.5 Å². The number of hydrogen-bond acceptors (Lipinski definition) is 6. The minimum Gasteiger partial charge on any atom is -0.350 e. The van der Waals surface area contributed by atoms with E-state index in [4.69, 9.17) is 0 Å². The van der Waals surface area contributed by atoms with E-state index in [1.807, 2.05) is 34.5 Å². The Bertz CT molecular complexity index is 973. The first-order chi connectivity index (χ1) is 11.8. The molecule has 0 aliphatic rings. The Labute approximate surface area is 146 Å². The van der Waals surface area contributed by atoms with E-state index in [9.17, 15) is 4.79 Å². The number of benzene rings is 1. The molecule has 3 aromatic heterocycles. The van der Waals surface area contributed by atoms with Gasteiger partial charge in [-0.1, -0.05) is 0 Å². The zero-order valence-electron chi connectivity index (χ0n) is 12.5. The molecular formula is C16H13N5OS2. The summed E-state index contributed by atoms with van der Waals surface area (Å²) in [6.07, 6.45) is 1.92. The number of thiophene rings is 1. The molecule has 1 N–H and O–H groups in total. The zero-order chi connectivity index (χ0) is 16.4. The minimum absolute atomic E-state index is 0.116. The van der Waals surface area contributed by atoms with Gasteiger partial charge in [0.25, 0.3) is 5.91 Å². The molecule has 6 nitrogen and oxygen atoms in total. The number of carbonyl (C=O) groups is 1. The number of aromatic nitrogens is 4. The highest BCUT2D eigenvalue weighted by Gasteiger charge is 2.08. The summed E-state index contributed by atoms with van der Waals surface area (Å²) in [6.45, 7) is 1.13. The molecule has 0 unspecified atom stereocenters. The van der Waals surface area contributed by atoms with Gasteiger partial charge in [0, 0.05) is 29.2 Å². The van der Waals surface area contributed by atoms with Gasteiger partial charge in [0.15, 0.2) is 0 Å². The van der Waals surface area contributed by atoms with Gasteiger partial charge in [-0.2, -0.15) is 25.2 Å². The minimum atomic E-state index is -0.116. The van der Waals surface area contributed by atoms with Crippen molar-refractivity contribution in [1.82, 2.24) is 23.8 Å². The molecule has 0 atom stereocenters. The lowest BCUT2D eigenvalue weighted by atomic mass is 10.2. The summed E-state index contributed by atoms with van der Waals surface area (Å²) in [5.41, 5.74) is 4.22. The van der Waals surface area contributed by atoms with Crippen LogP contribution in [0, 0.1) is 0 Å². The average Bonchev–Trinajstić information content (AvgIpc) is 3.34. The number of fused-ring (bicyclic) bond motifs is 1. The van der Waals surface area contributed by atoms with E-state index < -0.39 is 0 Å². The largest absolute Gasteiger partial charge is 0.350 e. The van der Waals surface area contributed by atoms with E-state index >= 15 is 0 Å². The van der Waals surface area contributed by atoms with Crippen LogP contribution in [0.1, 0.15) is 10.4 Å². The van der Waals surface area contributed by atoms with Crippen LogP contribution in [-0.4, -0.2) is 31.0 Å². The van der Waals surface area contributed by atoms with Gasteiger partial charge in [0.2, 0.25) is 0 Å². The smallest absolute Gasteiger partial charge is 0.251 e. The van der Waals surface area contributed by atoms with Gasteiger partial charge >= 0.3 is 0 Å². The first-order valence-electron chi connectivity index (χ1n) is 7.36. The van der Waals surface area contributed by atoms with Crippen LogP contribution in [0.2, 0.25) is 0 Å². The monoisotopic (exact) mass is 355 g/mol. The molecule has 0 radical (unpaired) electrons. The van der Waals surface area contributed by atoms with Crippen LogP contribution in [0.25, 0.3) is 22.3 Å². The van der Waals surface area contributed by atoms with Crippen molar-refractivity contribution in [3.8, 4) is 11.3 Å². The van der Waals surface area contributed by atoms with Crippen LogP contribution in [0.3, 0.4) is 0 Å². The maximum atomic E-state index is 12.2. The van der Waals surface area contributed by atoms with Crippen LogP contribution in [0.5, 0.6) is 0 Å². The predicted octanol–water partition coefficient (Wildman–Crippen LogP) is 3.05. The van der Waals surface area contributed by atoms with Crippen molar-refractivity contribution in [2.45, 2.75) is 6.54 Å². The Hall–Kier alpha value is -2.58. The molecular weight excluding hydrogens is 342 g/mol. The fourth-order valence-electron chi connectivity index (χ4n) is 2.36. The van der Waals surface area contributed by atoms with Crippen molar-refractivity contribution in [3.63, 3.8) is 0 Å². The average molecular weight is 355 g/mol. The van der Waals surface area contributed by atoms with E-state index in [-0.39, 0.29) is 5.91 Å². The second-order valence-electron chi connectivity index (χ2n) is 5.20. The molecule has 120 valence electrons. The van der Waals surface area contributed by atoms with Crippen LogP contribution < -0.4 is 5.32 Å². The number of amides is 1. The molecule has 4 aromatic rings. The summed E-state index contributed by atoms with van der Waals surface area (Å²) in [6, 6.07) is 9.36. The summed E-state index contributed by atoms with van der Waals surface area (Å²) in [5.74, 6) is -0.116. The number of nitrogens with one attached hydrogen (secondary N) is 1. The fraction of sp³-hybridized carbons (Fsp3) is 0.125. The maximum absolute atomic E-state index is 12.2. The topological polar surface area (TPSA) is 72.7 Å². The second kappa shape index (κ2) is 6.50. The van der Waals surface area contributed by atoms with Gasteiger partial charge in [-0.3, -0.25) is 9.48 Å². The Morgan fingerprint density at radius 3 is 2.96 bits per heavy atom. The molecule has 0 saturated heterocycles. The molecule has 0 saturated carbocycles. The summed E-state index contributed by atoms with van der Waals surface area (Å²) >= 11 is 2.80. The van der Waals surface area contributed by atoms with Gasteiger partial charge in [-0.15, -0.1) is 0 Å². The van der Waals surface area contributed by atoms with Crippen molar-refractivity contribution < 1.29 is 4.79 Å². The standard InChI is InChI=1S/C16H13N5OS2/c22-16(11-1-2-14-15(9-11)20-24-19-14)17-5-7-21-6-3-13(18-21)12-4-8-23-10-12/h1-4,6,8-10H,5,7H2,(H,17,22). The normalized spacial score (nSPS) is 11.0. The molecule has 0 spiro atoms. The Morgan fingerprint density at radius 1 is 1.17 bits per heavy atom. The molecule has 4 rings (SSSR count). The highest BCUT2D eigenvalue weighted by atomic mass is 32.1. The maximum Gasteiger partial charge on any atom is 0.251 e. The fourth-order valence-corrected chi connectivity index (χ4v) is 3.53. The van der Waals surface area contributed by atoms with Crippen molar-refractivity contribution in [2.75, 3.05) is 6.54 Å². The highest BCUT2D eigenvalue weighted by Crippen LogP contribution is 2.19. The van der Waals surface area contributed by atoms with Crippen molar-refractivity contribution in [1.29, 1.82) is 0 Å². The third-order valence-corrected chi connectivity index (χ3v) is 4.84. The number of hydrogen-bond donors (Lipinski definition) is 1. The van der Waals surface area contributed by atoms with Crippen LogP contribution in [0.4, 0.5) is 0 Å². The molecule has 0 aliphatic carbocycles. The molecule has 0 fully saturated rings. The van der Waals surface area contributed by atoms with E-state index in [1.165, 1.54) is 0 Å². The van der Waals surface area contributed by atoms with E-state index in [0.29, 0.717) is 18.7 Å². The first kappa shape index (κ1) is 15.0. The molecule has 0 bridgehead atoms. The Balaban J connectivity index is 1.36. The van der Waals surface area contributed by atoms with Gasteiger partial charge < -0.3 is 5.32 Å². The van der Waals surface area contributed by atoms with Crippen LogP contribution in [-0.2, 0) is 6.54 Å². The summed E-state index contributed by atoms with van der Waals surface area (Å²) in [7, 11) is 0. The Morgan fingerprint density at radius 2 is 2.08 bits per heavy atom. The van der Waals surface area contributed by atoms with Gasteiger partial charge in [-0.05, 0) is 35.7 Å². The third-order valence-electron chi connectivity index (χ3n) is 3.60. The lowest BCUT2D eigenvalue weighted by molar-refractivity contribution is 0.0952. The highest BCUT2D eigenvalue weighted by molar-refractivity contribution is 7.08. The molecule has 1 amide bonds. The lowest BCUT2D eigenvalue weighted by Gasteiger charge is -2.05. The summed E-state index contributed by atoms with van der Waals surface area (Å²) in [5, 5.41) is 11.5. The molecule has 24 heavy (non-hydrogen) atoms. The van der Waals surface area contributed by atoms with Crippen molar-refractivity contribution >= 4 is 40.0 Å². The second-order valence-corrected chi connectivity index (χ2v) is 6.51. The summed E-state index contributed by atoms with van der Waals surface area (Å²) in [4.78, 5) is 12.2. The quantitative estimate of drug-likeness (QED) is 0.597. The third kappa shape index (κ3) is 3.06. The van der Waals surface area contributed by atoms with Gasteiger partial charge in [-0.25, -0.2) is 0 Å². The van der Waals surface area contributed by atoms with E-state index in [0.717, 1.165) is 34.0 Å². The summed E-state index contributed by atoms with van der Waals surface area (Å²) < 4.78 is 10.1. The molecule has 0 aliphatic heterocycles. The van der Waals surface area contributed by atoms with Crippen molar-refractivity contribution in [2.24, 2.45) is 0 Å². The predicted molar refractivity (Wildman–Crippen MR) is 95.3 cm³/mol. The molecule has 1 aromatic carbocycles. The van der Waals surface area contributed by atoms with Crippen LogP contribution in [0.15, 0.2) is 47.3 Å².